The van der Waals surface area contributed by atoms with E-state index in [2.05, 4.69) is 26.1 Å². The standard InChI is InChI=1S/C16H27NO2/c1-6-9-17-11-16(3,4)12-19-14-8-7-13(2)10-15(14)18-5/h7-8,10,17H,6,9,11-12H2,1-5H3. The van der Waals surface area contributed by atoms with Crippen LogP contribution in [0.1, 0.15) is 32.8 Å². The Bertz CT molecular complexity index is 388. The van der Waals surface area contributed by atoms with Crippen LogP contribution in [0.2, 0.25) is 0 Å². The van der Waals surface area contributed by atoms with Gasteiger partial charge >= 0.3 is 0 Å². The summed E-state index contributed by atoms with van der Waals surface area (Å²) in [6.45, 7) is 11.3. The molecule has 1 N–H and O–H groups in total. The van der Waals surface area contributed by atoms with E-state index in [-0.39, 0.29) is 5.41 Å². The van der Waals surface area contributed by atoms with Gasteiger partial charge in [-0.3, -0.25) is 0 Å². The molecule has 0 fully saturated rings. The van der Waals surface area contributed by atoms with Gasteiger partial charge in [-0.2, -0.15) is 0 Å². The van der Waals surface area contributed by atoms with Gasteiger partial charge in [0.1, 0.15) is 0 Å². The quantitative estimate of drug-likeness (QED) is 0.731. The van der Waals surface area contributed by atoms with E-state index in [0.29, 0.717) is 6.61 Å². The van der Waals surface area contributed by atoms with Gasteiger partial charge in [0.05, 0.1) is 13.7 Å². The molecule has 1 rings (SSSR count). The van der Waals surface area contributed by atoms with E-state index in [4.69, 9.17) is 9.47 Å². The van der Waals surface area contributed by atoms with Gasteiger partial charge in [0.25, 0.3) is 0 Å². The van der Waals surface area contributed by atoms with Gasteiger partial charge in [-0.25, -0.2) is 0 Å². The van der Waals surface area contributed by atoms with Crippen LogP contribution in [-0.2, 0) is 0 Å². The minimum absolute atomic E-state index is 0.102. The van der Waals surface area contributed by atoms with E-state index in [1.807, 2.05) is 25.1 Å². The van der Waals surface area contributed by atoms with Gasteiger partial charge in [-0.05, 0) is 37.6 Å². The van der Waals surface area contributed by atoms with Crippen molar-refractivity contribution < 1.29 is 9.47 Å². The predicted octanol–water partition coefficient (Wildman–Crippen LogP) is 3.41. The lowest BCUT2D eigenvalue weighted by molar-refractivity contribution is 0.171. The largest absolute Gasteiger partial charge is 0.493 e. The average Bonchev–Trinajstić information content (AvgIpc) is 2.37. The van der Waals surface area contributed by atoms with Crippen molar-refractivity contribution in [1.29, 1.82) is 0 Å². The monoisotopic (exact) mass is 265 g/mol. The van der Waals surface area contributed by atoms with Crippen LogP contribution in [0, 0.1) is 12.3 Å². The van der Waals surface area contributed by atoms with Gasteiger partial charge in [0.2, 0.25) is 0 Å². The van der Waals surface area contributed by atoms with Crippen LogP contribution in [0.25, 0.3) is 0 Å². The van der Waals surface area contributed by atoms with Crippen molar-refractivity contribution in [3.8, 4) is 11.5 Å². The van der Waals surface area contributed by atoms with Gasteiger partial charge in [0, 0.05) is 12.0 Å². The molecule has 0 bridgehead atoms. The fourth-order valence-electron chi connectivity index (χ4n) is 1.82. The summed E-state index contributed by atoms with van der Waals surface area (Å²) in [5.74, 6) is 1.62. The third-order valence-corrected chi connectivity index (χ3v) is 2.97. The van der Waals surface area contributed by atoms with Gasteiger partial charge < -0.3 is 14.8 Å². The highest BCUT2D eigenvalue weighted by Gasteiger charge is 2.19. The Labute approximate surface area is 117 Å². The third kappa shape index (κ3) is 5.52. The third-order valence-electron chi connectivity index (χ3n) is 2.97. The van der Waals surface area contributed by atoms with Crippen LogP contribution in [0.15, 0.2) is 18.2 Å². The SMILES string of the molecule is CCCNCC(C)(C)COc1ccc(C)cc1OC. The smallest absolute Gasteiger partial charge is 0.161 e. The molecule has 19 heavy (non-hydrogen) atoms. The highest BCUT2D eigenvalue weighted by Crippen LogP contribution is 2.29. The van der Waals surface area contributed by atoms with Gasteiger partial charge in [-0.1, -0.05) is 26.8 Å². The Kier molecular flexibility index (Phi) is 6.16. The minimum atomic E-state index is 0.102. The molecule has 0 amide bonds. The lowest BCUT2D eigenvalue weighted by Gasteiger charge is -2.25. The lowest BCUT2D eigenvalue weighted by atomic mass is 9.95. The van der Waals surface area contributed by atoms with Crippen molar-refractivity contribution in [3.63, 3.8) is 0 Å². The van der Waals surface area contributed by atoms with E-state index < -0.39 is 0 Å². The first-order valence-electron chi connectivity index (χ1n) is 6.96. The van der Waals surface area contributed by atoms with Crippen molar-refractivity contribution in [2.45, 2.75) is 34.1 Å². The van der Waals surface area contributed by atoms with Crippen LogP contribution < -0.4 is 14.8 Å². The number of methoxy groups -OCH3 is 1. The number of rotatable bonds is 8. The van der Waals surface area contributed by atoms with Gasteiger partial charge in [0.15, 0.2) is 11.5 Å². The number of aryl methyl sites for hydroxylation is 1. The van der Waals surface area contributed by atoms with Crippen LogP contribution in [0.5, 0.6) is 11.5 Å². The fraction of sp³-hybridized carbons (Fsp3) is 0.625. The molecule has 1 aromatic rings. The summed E-state index contributed by atoms with van der Waals surface area (Å²) >= 11 is 0. The Morgan fingerprint density at radius 1 is 1.21 bits per heavy atom. The van der Waals surface area contributed by atoms with Crippen molar-refractivity contribution in [3.05, 3.63) is 23.8 Å². The fourth-order valence-corrected chi connectivity index (χ4v) is 1.82. The van der Waals surface area contributed by atoms with Crippen molar-refractivity contribution in [1.82, 2.24) is 5.32 Å². The van der Waals surface area contributed by atoms with E-state index in [9.17, 15) is 0 Å². The molecule has 0 atom stereocenters. The van der Waals surface area contributed by atoms with Crippen molar-refractivity contribution >= 4 is 0 Å². The predicted molar refractivity (Wildman–Crippen MR) is 80.2 cm³/mol. The molecule has 108 valence electrons. The molecule has 0 heterocycles. The highest BCUT2D eigenvalue weighted by molar-refractivity contribution is 5.42. The summed E-state index contributed by atoms with van der Waals surface area (Å²) in [5.41, 5.74) is 1.28. The lowest BCUT2D eigenvalue weighted by Crippen LogP contribution is -2.34. The molecule has 0 radical (unpaired) electrons. The van der Waals surface area contributed by atoms with Crippen LogP contribution in [0.4, 0.5) is 0 Å². The highest BCUT2D eigenvalue weighted by atomic mass is 16.5. The zero-order chi connectivity index (χ0) is 14.3. The molecule has 0 unspecified atom stereocenters. The summed E-state index contributed by atoms with van der Waals surface area (Å²) in [7, 11) is 1.68. The molecular weight excluding hydrogens is 238 g/mol. The first kappa shape index (κ1) is 15.8. The summed E-state index contributed by atoms with van der Waals surface area (Å²) < 4.78 is 11.3. The maximum Gasteiger partial charge on any atom is 0.161 e. The molecule has 3 nitrogen and oxygen atoms in total. The topological polar surface area (TPSA) is 30.5 Å². The number of ether oxygens (including phenoxy) is 2. The second-order valence-corrected chi connectivity index (χ2v) is 5.78. The minimum Gasteiger partial charge on any atom is -0.493 e. The molecule has 0 aliphatic carbocycles. The Balaban J connectivity index is 2.55. The first-order valence-corrected chi connectivity index (χ1v) is 6.96. The van der Waals surface area contributed by atoms with E-state index >= 15 is 0 Å². The summed E-state index contributed by atoms with van der Waals surface area (Å²) in [6, 6.07) is 6.02. The second-order valence-electron chi connectivity index (χ2n) is 5.78. The first-order chi connectivity index (χ1) is 8.98. The zero-order valence-corrected chi connectivity index (χ0v) is 12.9. The summed E-state index contributed by atoms with van der Waals surface area (Å²) in [6.07, 6.45) is 1.16. The second kappa shape index (κ2) is 7.39. The maximum atomic E-state index is 5.91. The van der Waals surface area contributed by atoms with Crippen molar-refractivity contribution in [2.75, 3.05) is 26.8 Å². The molecular formula is C16H27NO2. The van der Waals surface area contributed by atoms with E-state index in [1.54, 1.807) is 7.11 Å². The molecule has 1 aromatic carbocycles. The Morgan fingerprint density at radius 2 is 1.95 bits per heavy atom. The summed E-state index contributed by atoms with van der Waals surface area (Å²) in [5, 5.41) is 3.44. The van der Waals surface area contributed by atoms with Crippen LogP contribution >= 0.6 is 0 Å². The number of hydrogen-bond donors (Lipinski definition) is 1. The van der Waals surface area contributed by atoms with Gasteiger partial charge in [-0.15, -0.1) is 0 Å². The molecule has 0 saturated carbocycles. The molecule has 0 saturated heterocycles. The Hall–Kier alpha value is -1.22. The number of nitrogens with one attached hydrogen (secondary N) is 1. The van der Waals surface area contributed by atoms with Crippen LogP contribution in [0.3, 0.4) is 0 Å². The molecule has 0 aromatic heterocycles. The van der Waals surface area contributed by atoms with Crippen molar-refractivity contribution in [2.24, 2.45) is 5.41 Å². The normalized spacial score (nSPS) is 11.4. The average molecular weight is 265 g/mol. The molecule has 0 aliphatic rings. The molecule has 0 spiro atoms. The van der Waals surface area contributed by atoms with E-state index in [1.165, 1.54) is 5.56 Å². The summed E-state index contributed by atoms with van der Waals surface area (Å²) in [4.78, 5) is 0. The van der Waals surface area contributed by atoms with E-state index in [0.717, 1.165) is 31.0 Å². The number of benzene rings is 1. The Morgan fingerprint density at radius 3 is 2.58 bits per heavy atom. The molecule has 3 heteroatoms. The van der Waals surface area contributed by atoms with Crippen LogP contribution in [-0.4, -0.2) is 26.8 Å². The zero-order valence-electron chi connectivity index (χ0n) is 12.9. The number of hydrogen-bond acceptors (Lipinski definition) is 3. The molecule has 0 aliphatic heterocycles. The maximum absolute atomic E-state index is 5.91.